The second-order valence-corrected chi connectivity index (χ2v) is 8.59. The van der Waals surface area contributed by atoms with Gasteiger partial charge in [0.15, 0.2) is 5.82 Å². The van der Waals surface area contributed by atoms with E-state index in [0.29, 0.717) is 36.3 Å². The first-order chi connectivity index (χ1) is 15.5. The number of piperidine rings is 1. The van der Waals surface area contributed by atoms with E-state index < -0.39 is 0 Å². The molecule has 8 heteroatoms. The Kier molecular flexibility index (Phi) is 6.90. The Labute approximate surface area is 195 Å². The summed E-state index contributed by atoms with van der Waals surface area (Å²) in [7, 11) is 1.62. The number of nitrogens with one attached hydrogen (secondary N) is 1. The lowest BCUT2D eigenvalue weighted by atomic mass is 9.95. The molecule has 1 aromatic heterocycles. The lowest BCUT2D eigenvalue weighted by molar-refractivity contribution is -0.120. The fourth-order valence-corrected chi connectivity index (χ4v) is 4.21. The molecule has 166 valence electrons. The molecule has 1 aliphatic rings. The predicted molar refractivity (Wildman–Crippen MR) is 128 cm³/mol. The first-order valence-electron chi connectivity index (χ1n) is 10.5. The van der Waals surface area contributed by atoms with Gasteiger partial charge in [-0.05, 0) is 55.7 Å². The summed E-state index contributed by atoms with van der Waals surface area (Å²) in [5.41, 5.74) is 1.88. The quantitative estimate of drug-likeness (QED) is 0.505. The highest BCUT2D eigenvalue weighted by molar-refractivity contribution is 9.10. The molecule has 1 fully saturated rings. The number of aromatic nitrogens is 2. The van der Waals surface area contributed by atoms with Crippen LogP contribution in [0.15, 0.2) is 59.3 Å². The topological polar surface area (TPSA) is 76.6 Å². The van der Waals surface area contributed by atoms with Gasteiger partial charge in [0, 0.05) is 47.6 Å². The molecule has 1 amide bonds. The van der Waals surface area contributed by atoms with Gasteiger partial charge in [-0.1, -0.05) is 22.0 Å². The van der Waals surface area contributed by atoms with E-state index in [1.165, 1.54) is 0 Å². The normalized spacial score (nSPS) is 14.2. The zero-order chi connectivity index (χ0) is 22.5. The number of nitrogens with zero attached hydrogens (tertiary/aromatic N) is 3. The third-order valence-corrected chi connectivity index (χ3v) is 6.01. The van der Waals surface area contributed by atoms with Crippen molar-refractivity contribution in [2.24, 2.45) is 5.92 Å². The fraction of sp³-hybridized carbons (Fsp3) is 0.292. The number of aryl methyl sites for hydroxylation is 1. The average Bonchev–Trinajstić information content (AvgIpc) is 2.81. The van der Waals surface area contributed by atoms with Crippen LogP contribution in [-0.2, 0) is 4.79 Å². The van der Waals surface area contributed by atoms with Crippen molar-refractivity contribution in [3.8, 4) is 17.4 Å². The van der Waals surface area contributed by atoms with Gasteiger partial charge in [0.05, 0.1) is 7.11 Å². The number of carbonyl (C=O) groups is 1. The lowest BCUT2D eigenvalue weighted by Crippen LogP contribution is -2.38. The van der Waals surface area contributed by atoms with E-state index in [2.05, 4.69) is 36.1 Å². The van der Waals surface area contributed by atoms with Crippen molar-refractivity contribution in [2.75, 3.05) is 30.4 Å². The van der Waals surface area contributed by atoms with E-state index in [4.69, 9.17) is 9.47 Å². The maximum atomic E-state index is 12.8. The molecule has 2 aromatic carbocycles. The van der Waals surface area contributed by atoms with Crippen molar-refractivity contribution in [1.29, 1.82) is 0 Å². The lowest BCUT2D eigenvalue weighted by Gasteiger charge is -2.32. The summed E-state index contributed by atoms with van der Waals surface area (Å²) < 4.78 is 12.3. The molecule has 1 aliphatic heterocycles. The first kappa shape index (κ1) is 22.1. The number of halogens is 1. The van der Waals surface area contributed by atoms with Crippen LogP contribution in [0.1, 0.15) is 18.4 Å². The van der Waals surface area contributed by atoms with Crippen molar-refractivity contribution in [3.63, 3.8) is 0 Å². The smallest absolute Gasteiger partial charge is 0.263 e. The van der Waals surface area contributed by atoms with Gasteiger partial charge < -0.3 is 19.7 Å². The highest BCUT2D eigenvalue weighted by atomic mass is 79.9. The minimum Gasteiger partial charge on any atom is -0.497 e. The van der Waals surface area contributed by atoms with Crippen LogP contribution in [0.4, 0.5) is 11.5 Å². The number of hydrogen-bond donors (Lipinski definition) is 1. The summed E-state index contributed by atoms with van der Waals surface area (Å²) in [6, 6.07) is 13.2. The molecule has 0 radical (unpaired) electrons. The molecule has 7 nitrogen and oxygen atoms in total. The SMILES string of the molecule is COc1cccc(Oc2nccnc2N2CCC(C(=O)Nc3ccc(Br)cc3C)CC2)c1. The van der Waals surface area contributed by atoms with Crippen LogP contribution >= 0.6 is 15.9 Å². The molecule has 0 aliphatic carbocycles. The van der Waals surface area contributed by atoms with Crippen molar-refractivity contribution in [3.05, 3.63) is 64.9 Å². The van der Waals surface area contributed by atoms with E-state index in [9.17, 15) is 4.79 Å². The molecule has 3 aromatic rings. The summed E-state index contributed by atoms with van der Waals surface area (Å²) in [5.74, 6) is 2.47. The van der Waals surface area contributed by atoms with E-state index in [1.54, 1.807) is 25.6 Å². The molecule has 0 saturated carbocycles. The number of ether oxygens (including phenoxy) is 2. The van der Waals surface area contributed by atoms with Crippen LogP contribution in [0.5, 0.6) is 17.4 Å². The molecule has 0 atom stereocenters. The Hall–Kier alpha value is -3.13. The second kappa shape index (κ2) is 9.99. The predicted octanol–water partition coefficient (Wildman–Crippen LogP) is 5.20. The number of methoxy groups -OCH3 is 1. The van der Waals surface area contributed by atoms with Crippen molar-refractivity contribution < 1.29 is 14.3 Å². The number of benzene rings is 2. The van der Waals surface area contributed by atoms with Gasteiger partial charge in [-0.25, -0.2) is 9.97 Å². The Morgan fingerprint density at radius 2 is 1.84 bits per heavy atom. The summed E-state index contributed by atoms with van der Waals surface area (Å²) in [6.07, 6.45) is 4.73. The first-order valence-corrected chi connectivity index (χ1v) is 11.3. The van der Waals surface area contributed by atoms with Crippen LogP contribution in [0.25, 0.3) is 0 Å². The standard InChI is InChI=1S/C24H25BrN4O3/c1-16-14-18(25)6-7-21(16)28-23(30)17-8-12-29(13-9-17)22-24(27-11-10-26-22)32-20-5-3-4-19(15-20)31-2/h3-7,10-11,14-15,17H,8-9,12-13H2,1-2H3,(H,28,30). The summed E-state index contributed by atoms with van der Waals surface area (Å²) >= 11 is 3.46. The molecule has 4 rings (SSSR count). The van der Waals surface area contributed by atoms with Crippen molar-refractivity contribution in [1.82, 2.24) is 9.97 Å². The van der Waals surface area contributed by atoms with Gasteiger partial charge in [-0.2, -0.15) is 0 Å². The number of hydrogen-bond acceptors (Lipinski definition) is 6. The van der Waals surface area contributed by atoms with Crippen LogP contribution in [0, 0.1) is 12.8 Å². The van der Waals surface area contributed by atoms with Gasteiger partial charge in [-0.15, -0.1) is 0 Å². The zero-order valence-corrected chi connectivity index (χ0v) is 19.6. The van der Waals surface area contributed by atoms with Gasteiger partial charge in [0.25, 0.3) is 5.88 Å². The number of carbonyl (C=O) groups excluding carboxylic acids is 1. The van der Waals surface area contributed by atoms with Crippen LogP contribution < -0.4 is 19.7 Å². The Morgan fingerprint density at radius 1 is 1.09 bits per heavy atom. The average molecular weight is 497 g/mol. The molecule has 0 unspecified atom stereocenters. The molecule has 32 heavy (non-hydrogen) atoms. The van der Waals surface area contributed by atoms with E-state index in [1.807, 2.05) is 43.3 Å². The second-order valence-electron chi connectivity index (χ2n) is 7.68. The fourth-order valence-electron chi connectivity index (χ4n) is 3.74. The van der Waals surface area contributed by atoms with Gasteiger partial charge in [0.2, 0.25) is 5.91 Å². The highest BCUT2D eigenvalue weighted by Gasteiger charge is 2.28. The summed E-state index contributed by atoms with van der Waals surface area (Å²) in [5, 5.41) is 3.07. The monoisotopic (exact) mass is 496 g/mol. The molecule has 1 saturated heterocycles. The summed E-state index contributed by atoms with van der Waals surface area (Å²) in [4.78, 5) is 23.8. The van der Waals surface area contributed by atoms with Gasteiger partial charge in [-0.3, -0.25) is 4.79 Å². The Bertz CT molecular complexity index is 1100. The van der Waals surface area contributed by atoms with Gasteiger partial charge >= 0.3 is 0 Å². The number of amides is 1. The minimum atomic E-state index is -0.0475. The van der Waals surface area contributed by atoms with Gasteiger partial charge in [0.1, 0.15) is 11.5 Å². The minimum absolute atomic E-state index is 0.0475. The number of rotatable bonds is 6. The Morgan fingerprint density at radius 3 is 2.59 bits per heavy atom. The van der Waals surface area contributed by atoms with Crippen LogP contribution in [0.3, 0.4) is 0 Å². The van der Waals surface area contributed by atoms with Crippen molar-refractivity contribution >= 4 is 33.3 Å². The summed E-state index contributed by atoms with van der Waals surface area (Å²) in [6.45, 7) is 3.38. The molecule has 1 N–H and O–H groups in total. The molecular formula is C24H25BrN4O3. The zero-order valence-electron chi connectivity index (χ0n) is 18.0. The molecule has 0 bridgehead atoms. The molecule has 0 spiro atoms. The van der Waals surface area contributed by atoms with Crippen molar-refractivity contribution in [2.45, 2.75) is 19.8 Å². The third kappa shape index (κ3) is 5.19. The maximum absolute atomic E-state index is 12.8. The third-order valence-electron chi connectivity index (χ3n) is 5.51. The molecule has 2 heterocycles. The highest BCUT2D eigenvalue weighted by Crippen LogP contribution is 2.32. The molecular weight excluding hydrogens is 472 g/mol. The van der Waals surface area contributed by atoms with E-state index >= 15 is 0 Å². The largest absolute Gasteiger partial charge is 0.497 e. The number of anilines is 2. The Balaban J connectivity index is 1.40. The van der Waals surface area contributed by atoms with Crippen LogP contribution in [-0.4, -0.2) is 36.1 Å². The maximum Gasteiger partial charge on any atom is 0.263 e. The van der Waals surface area contributed by atoms with Crippen LogP contribution in [0.2, 0.25) is 0 Å². The van der Waals surface area contributed by atoms with E-state index in [0.717, 1.165) is 28.6 Å². The van der Waals surface area contributed by atoms with E-state index in [-0.39, 0.29) is 11.8 Å².